The van der Waals surface area contributed by atoms with Gasteiger partial charge in [-0.25, -0.2) is 0 Å². The minimum absolute atomic E-state index is 0.147. The summed E-state index contributed by atoms with van der Waals surface area (Å²) in [6.45, 7) is 3.68. The maximum Gasteiger partial charge on any atom is 0.0657 e. The van der Waals surface area contributed by atoms with Gasteiger partial charge in [0.1, 0.15) is 0 Å². The lowest BCUT2D eigenvalue weighted by molar-refractivity contribution is 0.684. The Hall–Kier alpha value is 0.870. The Morgan fingerprint density at radius 2 is 1.88 bits per heavy atom. The van der Waals surface area contributed by atoms with Crippen LogP contribution in [0.1, 0.15) is 13.8 Å². The maximum atomic E-state index is 5.77. The average molecular weight is 175 g/mol. The molecule has 0 saturated carbocycles. The molecule has 0 aromatic rings. The Balaban J connectivity index is 3.62. The van der Waals surface area contributed by atoms with Crippen LogP contribution in [0.4, 0.5) is 0 Å². The zero-order valence-corrected chi connectivity index (χ0v) is 7.19. The Labute approximate surface area is 65.1 Å². The van der Waals surface area contributed by atoms with Crippen LogP contribution in [0.3, 0.4) is 0 Å². The molecule has 1 unspecified atom stereocenters. The van der Waals surface area contributed by atoms with Crippen LogP contribution in [0.25, 0.3) is 0 Å². The van der Waals surface area contributed by atoms with Crippen molar-refractivity contribution in [2.75, 3.05) is 5.88 Å². The molecule has 0 N–H and O–H groups in total. The van der Waals surface area contributed by atoms with E-state index in [-0.39, 0.29) is 10.3 Å². The van der Waals surface area contributed by atoms with E-state index in [1.807, 2.05) is 13.8 Å². The van der Waals surface area contributed by atoms with Crippen LogP contribution < -0.4 is 0 Å². The molecule has 0 aliphatic rings. The first kappa shape index (κ1) is 8.87. The molecule has 0 aliphatic carbocycles. The largest absolute Gasteiger partial charge is 0.125 e. The Kier molecular flexibility index (Phi) is 3.49. The highest BCUT2D eigenvalue weighted by atomic mass is 35.5. The van der Waals surface area contributed by atoms with Gasteiger partial charge in [-0.05, 0) is 13.8 Å². The molecule has 0 bridgehead atoms. The van der Waals surface area contributed by atoms with E-state index < -0.39 is 0 Å². The maximum absolute atomic E-state index is 5.77. The van der Waals surface area contributed by atoms with Crippen molar-refractivity contribution in [1.29, 1.82) is 0 Å². The molecule has 0 saturated heterocycles. The smallest absolute Gasteiger partial charge is 0.0657 e. The highest BCUT2D eigenvalue weighted by Gasteiger charge is 2.23. The summed E-state index contributed by atoms with van der Waals surface area (Å²) in [5.41, 5.74) is 0. The third kappa shape index (κ3) is 3.01. The van der Waals surface area contributed by atoms with E-state index in [0.717, 1.165) is 0 Å². The number of hydrogen-bond donors (Lipinski definition) is 0. The summed E-state index contributed by atoms with van der Waals surface area (Å²) >= 11 is 16.9. The fourth-order valence-electron chi connectivity index (χ4n) is 0.183. The van der Waals surface area contributed by atoms with Crippen molar-refractivity contribution in [2.24, 2.45) is 0 Å². The third-order valence-corrected chi connectivity index (χ3v) is 2.42. The molecule has 1 atom stereocenters. The van der Waals surface area contributed by atoms with Gasteiger partial charge in [-0.1, -0.05) is 0 Å². The third-order valence-electron chi connectivity index (χ3n) is 0.880. The van der Waals surface area contributed by atoms with Crippen molar-refractivity contribution >= 4 is 34.8 Å². The molecular weight excluding hydrogens is 166 g/mol. The summed E-state index contributed by atoms with van der Waals surface area (Å²) in [4.78, 5) is -0.386. The van der Waals surface area contributed by atoms with E-state index in [2.05, 4.69) is 0 Å². The molecule has 50 valence electrons. The van der Waals surface area contributed by atoms with Gasteiger partial charge in [-0.2, -0.15) is 0 Å². The average Bonchev–Trinajstić information content (AvgIpc) is 1.62. The lowest BCUT2D eigenvalue weighted by Gasteiger charge is -2.19. The van der Waals surface area contributed by atoms with E-state index in [0.29, 0.717) is 5.88 Å². The van der Waals surface area contributed by atoms with E-state index >= 15 is 0 Å². The predicted molar refractivity (Wildman–Crippen MR) is 40.3 cm³/mol. The highest BCUT2D eigenvalue weighted by Crippen LogP contribution is 2.23. The molecule has 0 radical (unpaired) electrons. The zero-order chi connectivity index (χ0) is 6.78. The molecule has 0 nitrogen and oxygen atoms in total. The van der Waals surface area contributed by atoms with Crippen LogP contribution in [-0.4, -0.2) is 16.1 Å². The zero-order valence-electron chi connectivity index (χ0n) is 4.92. The first-order chi connectivity index (χ1) is 3.48. The van der Waals surface area contributed by atoms with Gasteiger partial charge in [-0.15, -0.1) is 34.8 Å². The van der Waals surface area contributed by atoms with Crippen LogP contribution in [0.2, 0.25) is 0 Å². The van der Waals surface area contributed by atoms with Gasteiger partial charge in [0.2, 0.25) is 0 Å². The summed E-state index contributed by atoms with van der Waals surface area (Å²) in [5, 5.41) is -0.147. The summed E-state index contributed by atoms with van der Waals surface area (Å²) in [5.74, 6) is 0.401. The van der Waals surface area contributed by atoms with Crippen LogP contribution in [-0.2, 0) is 0 Å². The molecule has 0 rings (SSSR count). The van der Waals surface area contributed by atoms with Gasteiger partial charge in [-0.3, -0.25) is 0 Å². The second-order valence-corrected chi connectivity index (χ2v) is 4.00. The number of halogens is 3. The molecule has 0 fully saturated rings. The monoisotopic (exact) mass is 174 g/mol. The summed E-state index contributed by atoms with van der Waals surface area (Å²) in [7, 11) is 0. The summed E-state index contributed by atoms with van der Waals surface area (Å²) < 4.78 is 0. The Bertz CT molecular complexity index is 64.6. The second kappa shape index (κ2) is 3.14. The topological polar surface area (TPSA) is 0 Å². The van der Waals surface area contributed by atoms with E-state index in [1.54, 1.807) is 0 Å². The number of alkyl halides is 3. The SMILES string of the molecule is CC(C)(Cl)C(Cl)CCl. The number of hydrogen-bond acceptors (Lipinski definition) is 0. The molecule has 0 aliphatic heterocycles. The van der Waals surface area contributed by atoms with E-state index in [1.165, 1.54) is 0 Å². The van der Waals surface area contributed by atoms with Gasteiger partial charge in [0.05, 0.1) is 10.3 Å². The van der Waals surface area contributed by atoms with Crippen LogP contribution in [0.5, 0.6) is 0 Å². The molecule has 8 heavy (non-hydrogen) atoms. The molecule has 0 aromatic heterocycles. The second-order valence-electron chi connectivity index (χ2n) is 2.19. The minimum Gasteiger partial charge on any atom is -0.125 e. The van der Waals surface area contributed by atoms with Gasteiger partial charge in [0.25, 0.3) is 0 Å². The first-order valence-corrected chi connectivity index (χ1v) is 3.72. The first-order valence-electron chi connectivity index (χ1n) is 2.37. The molecule has 0 aromatic carbocycles. The highest BCUT2D eigenvalue weighted by molar-refractivity contribution is 6.35. The molecule has 0 amide bonds. The quantitative estimate of drug-likeness (QED) is 0.566. The summed E-state index contributed by atoms with van der Waals surface area (Å²) in [6.07, 6.45) is 0. The van der Waals surface area contributed by atoms with Crippen molar-refractivity contribution in [1.82, 2.24) is 0 Å². The number of rotatable bonds is 2. The Morgan fingerprint density at radius 3 is 1.88 bits per heavy atom. The van der Waals surface area contributed by atoms with Gasteiger partial charge in [0.15, 0.2) is 0 Å². The van der Waals surface area contributed by atoms with Crippen LogP contribution >= 0.6 is 34.8 Å². The molecule has 0 spiro atoms. The van der Waals surface area contributed by atoms with E-state index in [4.69, 9.17) is 34.8 Å². The van der Waals surface area contributed by atoms with Crippen LogP contribution in [0.15, 0.2) is 0 Å². The standard InChI is InChI=1S/C5H9Cl3/c1-5(2,8)4(7)3-6/h4H,3H2,1-2H3. The van der Waals surface area contributed by atoms with Crippen molar-refractivity contribution in [3.05, 3.63) is 0 Å². The van der Waals surface area contributed by atoms with Gasteiger partial charge in [0, 0.05) is 5.88 Å². The van der Waals surface area contributed by atoms with Gasteiger partial charge < -0.3 is 0 Å². The molecule has 0 heterocycles. The lowest BCUT2D eigenvalue weighted by Crippen LogP contribution is -2.26. The van der Waals surface area contributed by atoms with Gasteiger partial charge >= 0.3 is 0 Å². The van der Waals surface area contributed by atoms with Crippen molar-refractivity contribution < 1.29 is 0 Å². The molecule has 3 heteroatoms. The van der Waals surface area contributed by atoms with Crippen molar-refractivity contribution in [3.8, 4) is 0 Å². The Morgan fingerprint density at radius 1 is 1.50 bits per heavy atom. The van der Waals surface area contributed by atoms with Crippen molar-refractivity contribution in [2.45, 2.75) is 24.1 Å². The summed E-state index contributed by atoms with van der Waals surface area (Å²) in [6, 6.07) is 0. The van der Waals surface area contributed by atoms with Crippen LogP contribution in [0, 0.1) is 0 Å². The lowest BCUT2D eigenvalue weighted by atomic mass is 10.1. The fraction of sp³-hybridized carbons (Fsp3) is 1.00. The fourth-order valence-corrected chi connectivity index (χ4v) is 0.725. The van der Waals surface area contributed by atoms with E-state index in [9.17, 15) is 0 Å². The molecular formula is C5H9Cl3. The minimum atomic E-state index is -0.386. The van der Waals surface area contributed by atoms with Crippen molar-refractivity contribution in [3.63, 3.8) is 0 Å². The predicted octanol–water partition coefficient (Wildman–Crippen LogP) is 2.85. The normalized spacial score (nSPS) is 16.1.